The van der Waals surface area contributed by atoms with Crippen LogP contribution in [0.15, 0.2) is 89.9 Å². The van der Waals surface area contributed by atoms with Crippen LogP contribution in [0.25, 0.3) is 0 Å². The van der Waals surface area contributed by atoms with Gasteiger partial charge in [0.05, 0.1) is 35.0 Å². The van der Waals surface area contributed by atoms with Gasteiger partial charge in [0.25, 0.3) is 0 Å². The Labute approximate surface area is 280 Å². The molecule has 3 heterocycles. The number of nitrogens with one attached hydrogen (secondary N) is 1. The average Bonchev–Trinajstić information content (AvgIpc) is 3.65. The van der Waals surface area contributed by atoms with Crippen LogP contribution in [0.3, 0.4) is 0 Å². The molecule has 2 aliphatic heterocycles. The molecule has 0 amide bonds. The summed E-state index contributed by atoms with van der Waals surface area (Å²) in [7, 11) is 1.78. The third-order valence-electron chi connectivity index (χ3n) is 8.31. The van der Waals surface area contributed by atoms with E-state index < -0.39 is 17.9 Å². The molecule has 49 heavy (non-hydrogen) atoms. The minimum Gasteiger partial charge on any atom is -0.462 e. The van der Waals surface area contributed by atoms with Crippen molar-refractivity contribution in [2.75, 3.05) is 11.9 Å². The van der Waals surface area contributed by atoms with Gasteiger partial charge in [0.1, 0.15) is 35.8 Å². The Balaban J connectivity index is 0.000000188. The lowest BCUT2D eigenvalue weighted by Crippen LogP contribution is -2.35. The molecule has 248 valence electrons. The van der Waals surface area contributed by atoms with Crippen molar-refractivity contribution < 1.29 is 32.6 Å². The molecule has 0 bridgehead atoms. The third-order valence-corrected chi connectivity index (χ3v) is 8.31. The number of esters is 2. The molecule has 7 rings (SSSR count). The number of hydrogen-bond acceptors (Lipinski definition) is 9. The predicted octanol–water partition coefficient (Wildman–Crippen LogP) is 6.82. The first kappa shape index (κ1) is 32.9. The number of aliphatic imine (C=N–C) groups is 1. The van der Waals surface area contributed by atoms with Gasteiger partial charge in [-0.05, 0) is 73.5 Å². The summed E-state index contributed by atoms with van der Waals surface area (Å²) in [5.74, 6) is -1.43. The number of anilines is 1. The molecule has 2 atom stereocenters. The fourth-order valence-electron chi connectivity index (χ4n) is 5.73. The number of ether oxygens (including phenoxy) is 2. The van der Waals surface area contributed by atoms with Crippen molar-refractivity contribution in [3.63, 3.8) is 0 Å². The lowest BCUT2D eigenvalue weighted by Gasteiger charge is -2.34. The number of benzene rings is 4. The standard InChI is InChI=1S/C22H21FN4O3.C15H10FNO2/c1-4-30-22(29)15-6-5-7-16-17(15)20(28)18(21-26-25-12(2)27(21)3)19(24-16)13-8-10-14(23)11-9-13;16-11-6-4-10(5-7-11)8-17-14-3-1-2-12-13(14)9-19-15(12)18/h5-11,18-19,24H,4H2,1-3H3;1-8H,9H2. The number of halogens is 2. The minimum atomic E-state index is -0.760. The van der Waals surface area contributed by atoms with Gasteiger partial charge in [-0.15, -0.1) is 10.2 Å². The zero-order valence-corrected chi connectivity index (χ0v) is 26.8. The fraction of sp³-hybridized carbons (Fsp3) is 0.189. The molecule has 1 N–H and O–H groups in total. The molecule has 4 aromatic carbocycles. The summed E-state index contributed by atoms with van der Waals surface area (Å²) in [6.45, 7) is 3.96. The molecule has 1 aromatic heterocycles. The molecule has 0 saturated carbocycles. The Bertz CT molecular complexity index is 2080. The minimum absolute atomic E-state index is 0.202. The van der Waals surface area contributed by atoms with Crippen LogP contribution in [-0.4, -0.2) is 45.3 Å². The molecular weight excluding hydrogens is 632 g/mol. The first-order valence-electron chi connectivity index (χ1n) is 15.5. The molecule has 5 aromatic rings. The molecular formula is C37H31F2N5O5. The number of rotatable bonds is 6. The summed E-state index contributed by atoms with van der Waals surface area (Å²) in [5.41, 5.74) is 4.57. The van der Waals surface area contributed by atoms with E-state index in [1.165, 1.54) is 24.3 Å². The van der Waals surface area contributed by atoms with Gasteiger partial charge in [-0.25, -0.2) is 18.4 Å². The number of carbonyl (C=O) groups excluding carboxylic acids is 3. The summed E-state index contributed by atoms with van der Waals surface area (Å²) in [6.07, 6.45) is 1.64. The van der Waals surface area contributed by atoms with Gasteiger partial charge in [0.2, 0.25) is 0 Å². The second-order valence-corrected chi connectivity index (χ2v) is 11.3. The van der Waals surface area contributed by atoms with E-state index in [4.69, 9.17) is 9.47 Å². The summed E-state index contributed by atoms with van der Waals surface area (Å²) >= 11 is 0. The van der Waals surface area contributed by atoms with E-state index >= 15 is 0 Å². The summed E-state index contributed by atoms with van der Waals surface area (Å²) in [4.78, 5) is 42.0. The molecule has 0 fully saturated rings. The normalized spacial score (nSPS) is 16.3. The van der Waals surface area contributed by atoms with E-state index in [9.17, 15) is 23.2 Å². The zero-order chi connectivity index (χ0) is 34.7. The van der Waals surface area contributed by atoms with Gasteiger partial charge in [-0.3, -0.25) is 9.79 Å². The van der Waals surface area contributed by atoms with Crippen molar-refractivity contribution in [2.24, 2.45) is 12.0 Å². The lowest BCUT2D eigenvalue weighted by atomic mass is 9.80. The lowest BCUT2D eigenvalue weighted by molar-refractivity contribution is 0.0518. The Hall–Kier alpha value is -6.04. The van der Waals surface area contributed by atoms with Crippen LogP contribution in [-0.2, 0) is 23.1 Å². The van der Waals surface area contributed by atoms with Crippen LogP contribution in [0.4, 0.5) is 20.2 Å². The highest BCUT2D eigenvalue weighted by molar-refractivity contribution is 6.14. The number of cyclic esters (lactones) is 1. The maximum atomic E-state index is 13.8. The number of carbonyl (C=O) groups is 3. The number of aryl methyl sites for hydroxylation is 1. The fourth-order valence-corrected chi connectivity index (χ4v) is 5.73. The van der Waals surface area contributed by atoms with Crippen LogP contribution in [0.5, 0.6) is 0 Å². The largest absolute Gasteiger partial charge is 0.462 e. The van der Waals surface area contributed by atoms with Crippen LogP contribution in [0.2, 0.25) is 0 Å². The highest BCUT2D eigenvalue weighted by atomic mass is 19.1. The smallest absolute Gasteiger partial charge is 0.338 e. The van der Waals surface area contributed by atoms with Crippen molar-refractivity contribution in [1.82, 2.24) is 14.8 Å². The van der Waals surface area contributed by atoms with E-state index in [-0.39, 0.29) is 47.7 Å². The van der Waals surface area contributed by atoms with Gasteiger partial charge in [0.15, 0.2) is 5.78 Å². The number of nitrogens with zero attached hydrogens (tertiary/aromatic N) is 4. The molecule has 0 spiro atoms. The quantitative estimate of drug-likeness (QED) is 0.155. The van der Waals surface area contributed by atoms with Crippen LogP contribution < -0.4 is 5.32 Å². The molecule has 2 unspecified atom stereocenters. The van der Waals surface area contributed by atoms with Gasteiger partial charge >= 0.3 is 11.9 Å². The second kappa shape index (κ2) is 14.0. The number of hydrogen-bond donors (Lipinski definition) is 1. The summed E-state index contributed by atoms with van der Waals surface area (Å²) in [6, 6.07) is 21.8. The van der Waals surface area contributed by atoms with Crippen LogP contribution in [0, 0.1) is 18.6 Å². The molecule has 12 heteroatoms. The van der Waals surface area contributed by atoms with Crippen molar-refractivity contribution in [3.05, 3.63) is 142 Å². The van der Waals surface area contributed by atoms with E-state index in [1.807, 2.05) is 6.07 Å². The van der Waals surface area contributed by atoms with Crippen LogP contribution >= 0.6 is 0 Å². The monoisotopic (exact) mass is 663 g/mol. The van der Waals surface area contributed by atoms with E-state index in [0.29, 0.717) is 28.6 Å². The summed E-state index contributed by atoms with van der Waals surface area (Å²) in [5, 5.41) is 11.7. The van der Waals surface area contributed by atoms with Crippen molar-refractivity contribution in [3.8, 4) is 0 Å². The van der Waals surface area contributed by atoms with Gasteiger partial charge < -0.3 is 19.4 Å². The van der Waals surface area contributed by atoms with Crippen molar-refractivity contribution in [1.29, 1.82) is 0 Å². The molecule has 0 saturated heterocycles. The van der Waals surface area contributed by atoms with Crippen molar-refractivity contribution >= 4 is 35.3 Å². The molecule has 0 aliphatic carbocycles. The number of Topliss-reactive ketones (excluding diaryl/α,β-unsaturated/α-hetero) is 1. The highest BCUT2D eigenvalue weighted by Gasteiger charge is 2.42. The van der Waals surface area contributed by atoms with Gasteiger partial charge in [-0.1, -0.05) is 36.4 Å². The van der Waals surface area contributed by atoms with E-state index in [1.54, 1.807) is 86.3 Å². The predicted molar refractivity (Wildman–Crippen MR) is 177 cm³/mol. The number of fused-ring (bicyclic) bond motifs is 2. The van der Waals surface area contributed by atoms with Crippen LogP contribution in [0.1, 0.15) is 78.3 Å². The Morgan fingerprint density at radius 1 is 1.00 bits per heavy atom. The summed E-state index contributed by atoms with van der Waals surface area (Å²) < 4.78 is 38.1. The Morgan fingerprint density at radius 3 is 2.37 bits per heavy atom. The average molecular weight is 664 g/mol. The first-order valence-corrected chi connectivity index (χ1v) is 15.5. The zero-order valence-electron chi connectivity index (χ0n) is 26.8. The Kier molecular flexibility index (Phi) is 9.38. The van der Waals surface area contributed by atoms with Gasteiger partial charge in [-0.2, -0.15) is 0 Å². The number of ketones is 1. The SMILES string of the molecule is CCOC(=O)c1cccc2c1C(=O)C(c1nnc(C)n1C)C(c1ccc(F)cc1)N2.O=C1OCc2c(N=Cc3ccc(F)cc3)cccc21. The molecule has 0 radical (unpaired) electrons. The third kappa shape index (κ3) is 6.71. The maximum absolute atomic E-state index is 13.8. The number of aromatic nitrogens is 3. The van der Waals surface area contributed by atoms with E-state index in [0.717, 1.165) is 16.7 Å². The van der Waals surface area contributed by atoms with Crippen molar-refractivity contribution in [2.45, 2.75) is 32.4 Å². The Morgan fingerprint density at radius 2 is 1.69 bits per heavy atom. The van der Waals surface area contributed by atoms with E-state index in [2.05, 4.69) is 20.5 Å². The topological polar surface area (TPSA) is 125 Å². The molecule has 10 nitrogen and oxygen atoms in total. The molecule has 2 aliphatic rings. The maximum Gasteiger partial charge on any atom is 0.338 e. The first-order chi connectivity index (χ1) is 23.7. The van der Waals surface area contributed by atoms with Gasteiger partial charge in [0, 0.05) is 24.5 Å². The second-order valence-electron chi connectivity index (χ2n) is 11.3. The highest BCUT2D eigenvalue weighted by Crippen LogP contribution is 2.43.